The van der Waals surface area contributed by atoms with Crippen LogP contribution in [0, 0.1) is 0 Å². The van der Waals surface area contributed by atoms with Crippen LogP contribution in [0.25, 0.3) is 0 Å². The normalized spacial score (nSPS) is 11.4. The Morgan fingerprint density at radius 2 is 2.40 bits per heavy atom. The Labute approximate surface area is 37.4 Å². The zero-order valence-corrected chi connectivity index (χ0v) is 6.98. The summed E-state index contributed by atoms with van der Waals surface area (Å²) in [4.78, 5) is 0. The molecule has 1 N–H and O–H groups in total. The van der Waals surface area contributed by atoms with Crippen molar-refractivity contribution in [2.75, 3.05) is 6.61 Å². The predicted octanol–water partition coefficient (Wildman–Crippen LogP) is -2.15. The number of hydrogen-bond acceptors (Lipinski definition) is 1. The van der Waals surface area contributed by atoms with E-state index in [9.17, 15) is 0 Å². The number of rotatable bonds is 2. The first-order valence-corrected chi connectivity index (χ1v) is 8.68. The van der Waals surface area contributed by atoms with Gasteiger partial charge in [-0.05, 0) is 15.8 Å². The number of hydrogen-bond donors (Lipinski definition) is 1. The lowest BCUT2D eigenvalue weighted by Crippen LogP contribution is -1.89. The average molecular weight is 106 g/mol. The molecule has 0 aliphatic carbocycles. The van der Waals surface area contributed by atoms with Gasteiger partial charge in [0.1, 0.15) is 0 Å². The van der Waals surface area contributed by atoms with Crippen molar-refractivity contribution in [3.63, 3.8) is 0 Å². The summed E-state index contributed by atoms with van der Waals surface area (Å²) >= 11 is 0. The van der Waals surface area contributed by atoms with Crippen molar-refractivity contribution in [2.24, 2.45) is 0 Å². The molecule has 3 heteroatoms. The first-order valence-electron chi connectivity index (χ1n) is 2.02. The average Bonchev–Trinajstić information content (AvgIpc) is 1.41. The SMILES string of the molecule is OCC[SiH2][SiH3]. The molecule has 5 heavy (non-hydrogen) atoms. The Bertz CT molecular complexity index is 15.1. The zero-order valence-electron chi connectivity index (χ0n) is 3.57. The molecule has 0 heterocycles. The fraction of sp³-hybridized carbons (Fsp3) is 1.00. The van der Waals surface area contributed by atoms with Crippen molar-refractivity contribution in [1.29, 1.82) is 0 Å². The van der Waals surface area contributed by atoms with E-state index < -0.39 is 0 Å². The van der Waals surface area contributed by atoms with Crippen LogP contribution in [0.4, 0.5) is 0 Å². The second-order valence-electron chi connectivity index (χ2n) is 1.08. The van der Waals surface area contributed by atoms with Gasteiger partial charge in [0.2, 0.25) is 0 Å². The third-order valence-electron chi connectivity index (χ3n) is 0.512. The number of aliphatic hydroxyl groups is 1. The minimum absolute atomic E-state index is 0.303. The molecule has 0 fully saturated rings. The van der Waals surface area contributed by atoms with Crippen LogP contribution in [0.2, 0.25) is 6.04 Å². The van der Waals surface area contributed by atoms with Gasteiger partial charge in [-0.3, -0.25) is 0 Å². The minimum Gasteiger partial charge on any atom is -0.397 e. The van der Waals surface area contributed by atoms with E-state index >= 15 is 0 Å². The fourth-order valence-electron chi connectivity index (χ4n) is 0.158. The lowest BCUT2D eigenvalue weighted by atomic mass is 10.9. The highest BCUT2D eigenvalue weighted by Gasteiger charge is 1.70. The maximum Gasteiger partial charge on any atom is 0.0399 e. The van der Waals surface area contributed by atoms with Gasteiger partial charge in [-0.15, -0.1) is 0 Å². The molecule has 0 bridgehead atoms. The van der Waals surface area contributed by atoms with Crippen LogP contribution < -0.4 is 0 Å². The van der Waals surface area contributed by atoms with Gasteiger partial charge in [0.15, 0.2) is 0 Å². The summed E-state index contributed by atoms with van der Waals surface area (Å²) in [5, 5.41) is 8.12. The molecule has 0 aliphatic rings. The van der Waals surface area contributed by atoms with Crippen LogP contribution >= 0.6 is 0 Å². The topological polar surface area (TPSA) is 20.2 Å². The highest BCUT2D eigenvalue weighted by atomic mass is 29.1. The Morgan fingerprint density at radius 3 is 2.40 bits per heavy atom. The Morgan fingerprint density at radius 1 is 1.80 bits per heavy atom. The highest BCUT2D eigenvalue weighted by molar-refractivity contribution is 6.89. The van der Waals surface area contributed by atoms with Gasteiger partial charge in [0.25, 0.3) is 0 Å². The van der Waals surface area contributed by atoms with Gasteiger partial charge in [0.05, 0.1) is 0 Å². The van der Waals surface area contributed by atoms with E-state index in [-0.39, 0.29) is 0 Å². The van der Waals surface area contributed by atoms with E-state index in [1.807, 2.05) is 0 Å². The molecule has 0 atom stereocenters. The number of aliphatic hydroxyl groups excluding tert-OH is 1. The van der Waals surface area contributed by atoms with Gasteiger partial charge in [-0.2, -0.15) is 0 Å². The molecule has 0 saturated heterocycles. The molecule has 0 aliphatic heterocycles. The van der Waals surface area contributed by atoms with E-state index in [2.05, 4.69) is 0 Å². The van der Waals surface area contributed by atoms with Crippen LogP contribution in [-0.4, -0.2) is 30.5 Å². The van der Waals surface area contributed by atoms with E-state index in [4.69, 9.17) is 5.11 Å². The lowest BCUT2D eigenvalue weighted by Gasteiger charge is -1.78. The van der Waals surface area contributed by atoms with Crippen LogP contribution in [0.3, 0.4) is 0 Å². The van der Waals surface area contributed by atoms with Crippen LogP contribution in [0.1, 0.15) is 0 Å². The molecule has 0 aromatic rings. The summed E-state index contributed by atoms with van der Waals surface area (Å²) in [5.74, 6) is 0. The Balaban J connectivity index is 2.19. The maximum atomic E-state index is 8.12. The maximum absolute atomic E-state index is 8.12. The summed E-state index contributed by atoms with van der Waals surface area (Å²) in [7, 11) is 1.68. The first kappa shape index (κ1) is 5.39. The second kappa shape index (κ2) is 4.39. The van der Waals surface area contributed by atoms with Crippen LogP contribution in [-0.2, 0) is 0 Å². The third-order valence-corrected chi connectivity index (χ3v) is 3.66. The largest absolute Gasteiger partial charge is 0.397 e. The van der Waals surface area contributed by atoms with Crippen molar-refractivity contribution in [3.05, 3.63) is 0 Å². The molecule has 32 valence electrons. The van der Waals surface area contributed by atoms with Gasteiger partial charge in [0, 0.05) is 15.6 Å². The molecular formula is C2H10OSi2. The Kier molecular flexibility index (Phi) is 4.74. The summed E-state index contributed by atoms with van der Waals surface area (Å²) in [5.41, 5.74) is 0. The molecule has 0 saturated carbocycles. The molecule has 0 amide bonds. The standard InChI is InChI=1S/C2H10OSi2/c3-1-2-5-4/h3H,1-2,5H2,4H3. The lowest BCUT2D eigenvalue weighted by molar-refractivity contribution is 0.318. The second-order valence-corrected chi connectivity index (χ2v) is 5.78. The third kappa shape index (κ3) is 4.39. The molecule has 0 aromatic carbocycles. The van der Waals surface area contributed by atoms with Crippen molar-refractivity contribution < 1.29 is 5.11 Å². The van der Waals surface area contributed by atoms with E-state index in [0.717, 1.165) is 6.04 Å². The van der Waals surface area contributed by atoms with Crippen LogP contribution in [0.15, 0.2) is 0 Å². The van der Waals surface area contributed by atoms with Crippen molar-refractivity contribution in [2.45, 2.75) is 6.04 Å². The quantitative estimate of drug-likeness (QED) is 0.398. The minimum atomic E-state index is 0.303. The predicted molar refractivity (Wildman–Crippen MR) is 30.4 cm³/mol. The van der Waals surface area contributed by atoms with Gasteiger partial charge >= 0.3 is 0 Å². The summed E-state index contributed by atoms with van der Waals surface area (Å²) in [6.45, 7) is 0.440. The highest BCUT2D eigenvalue weighted by Crippen LogP contribution is 1.63. The molecule has 0 radical (unpaired) electrons. The van der Waals surface area contributed by atoms with Gasteiger partial charge in [-0.25, -0.2) is 0 Å². The molecule has 0 rings (SSSR count). The molecule has 0 unspecified atom stereocenters. The summed E-state index contributed by atoms with van der Waals surface area (Å²) < 4.78 is 0. The molecule has 0 aromatic heterocycles. The monoisotopic (exact) mass is 106 g/mol. The molecule has 1 nitrogen and oxygen atoms in total. The zero-order chi connectivity index (χ0) is 4.12. The van der Waals surface area contributed by atoms with Gasteiger partial charge < -0.3 is 5.11 Å². The van der Waals surface area contributed by atoms with Crippen molar-refractivity contribution in [3.8, 4) is 0 Å². The Hall–Kier alpha value is 0.394. The van der Waals surface area contributed by atoms with E-state index in [0.29, 0.717) is 15.6 Å². The summed E-state index contributed by atoms with van der Waals surface area (Å²) in [6.07, 6.45) is 0. The van der Waals surface area contributed by atoms with E-state index in [1.54, 1.807) is 0 Å². The van der Waals surface area contributed by atoms with E-state index in [1.165, 1.54) is 9.76 Å². The van der Waals surface area contributed by atoms with Crippen LogP contribution in [0.5, 0.6) is 0 Å². The first-order chi connectivity index (χ1) is 2.41. The molecule has 0 spiro atoms. The van der Waals surface area contributed by atoms with Gasteiger partial charge in [-0.1, -0.05) is 0 Å². The van der Waals surface area contributed by atoms with Crippen molar-refractivity contribution in [1.82, 2.24) is 0 Å². The van der Waals surface area contributed by atoms with Crippen molar-refractivity contribution >= 4 is 18.8 Å². The fourth-order valence-corrected chi connectivity index (χ4v) is 1.42. The molecular weight excluding hydrogens is 96.2 g/mol. The summed E-state index contributed by atoms with van der Waals surface area (Å²) in [6, 6.07) is 1.15. The smallest absolute Gasteiger partial charge is 0.0399 e.